The van der Waals surface area contributed by atoms with Gasteiger partial charge in [0.05, 0.1) is 24.9 Å². The van der Waals surface area contributed by atoms with Crippen LogP contribution in [-0.2, 0) is 27.4 Å². The molecule has 2 heterocycles. The highest BCUT2D eigenvalue weighted by atomic mass is 127. The lowest BCUT2D eigenvalue weighted by Crippen LogP contribution is -2.53. The Morgan fingerprint density at radius 2 is 1.97 bits per heavy atom. The van der Waals surface area contributed by atoms with E-state index < -0.39 is 0 Å². The summed E-state index contributed by atoms with van der Waals surface area (Å²) in [4.78, 5) is 6.77. The van der Waals surface area contributed by atoms with Crippen molar-refractivity contribution in [3.8, 4) is 0 Å². The highest BCUT2D eigenvalue weighted by molar-refractivity contribution is 14.0. The number of hydrogen-bond acceptors (Lipinski definition) is 4. The SMILES string of the molecule is CN=C(NCc1cccc(COC(C)(C)C)c1)N1CCOC(C2CCCO2)C1.I. The molecule has 164 valence electrons. The summed E-state index contributed by atoms with van der Waals surface area (Å²) in [5.41, 5.74) is 2.28. The van der Waals surface area contributed by atoms with Crippen LogP contribution in [0.2, 0.25) is 0 Å². The van der Waals surface area contributed by atoms with Gasteiger partial charge in [-0.15, -0.1) is 24.0 Å². The van der Waals surface area contributed by atoms with Crippen molar-refractivity contribution in [3.05, 3.63) is 35.4 Å². The summed E-state index contributed by atoms with van der Waals surface area (Å²) in [6.45, 7) is 10.8. The molecular formula is C22H36IN3O3. The summed E-state index contributed by atoms with van der Waals surface area (Å²) in [5, 5.41) is 3.50. The molecule has 0 aromatic heterocycles. The Labute approximate surface area is 192 Å². The van der Waals surface area contributed by atoms with Gasteiger partial charge in [0, 0.05) is 33.3 Å². The van der Waals surface area contributed by atoms with Crippen molar-refractivity contribution in [1.29, 1.82) is 0 Å². The third-order valence-electron chi connectivity index (χ3n) is 5.10. The van der Waals surface area contributed by atoms with Crippen LogP contribution in [0.4, 0.5) is 0 Å². The molecule has 2 unspecified atom stereocenters. The monoisotopic (exact) mass is 517 g/mol. The van der Waals surface area contributed by atoms with Gasteiger partial charge < -0.3 is 24.4 Å². The van der Waals surface area contributed by atoms with Gasteiger partial charge in [0.1, 0.15) is 6.10 Å². The molecule has 2 saturated heterocycles. The first-order valence-corrected chi connectivity index (χ1v) is 10.4. The van der Waals surface area contributed by atoms with E-state index in [4.69, 9.17) is 14.2 Å². The van der Waals surface area contributed by atoms with Gasteiger partial charge in [-0.2, -0.15) is 0 Å². The lowest BCUT2D eigenvalue weighted by atomic mass is 10.1. The Bertz CT molecular complexity index is 657. The molecule has 29 heavy (non-hydrogen) atoms. The lowest BCUT2D eigenvalue weighted by Gasteiger charge is -2.37. The zero-order valence-corrected chi connectivity index (χ0v) is 20.5. The van der Waals surface area contributed by atoms with Crippen LogP contribution in [0.25, 0.3) is 0 Å². The first kappa shape index (κ1) is 24.4. The van der Waals surface area contributed by atoms with Gasteiger partial charge in [-0.1, -0.05) is 24.3 Å². The van der Waals surface area contributed by atoms with E-state index in [1.54, 1.807) is 0 Å². The minimum absolute atomic E-state index is 0. The molecule has 2 fully saturated rings. The van der Waals surface area contributed by atoms with Gasteiger partial charge in [0.15, 0.2) is 5.96 Å². The highest BCUT2D eigenvalue weighted by Crippen LogP contribution is 2.21. The summed E-state index contributed by atoms with van der Waals surface area (Å²) >= 11 is 0. The van der Waals surface area contributed by atoms with Crippen molar-refractivity contribution in [3.63, 3.8) is 0 Å². The fourth-order valence-corrected chi connectivity index (χ4v) is 3.63. The highest BCUT2D eigenvalue weighted by Gasteiger charge is 2.32. The number of nitrogens with zero attached hydrogens (tertiary/aromatic N) is 2. The van der Waals surface area contributed by atoms with E-state index in [1.165, 1.54) is 11.1 Å². The topological polar surface area (TPSA) is 55.3 Å². The number of hydrogen-bond donors (Lipinski definition) is 1. The van der Waals surface area contributed by atoms with Crippen molar-refractivity contribution < 1.29 is 14.2 Å². The van der Waals surface area contributed by atoms with Crippen molar-refractivity contribution in [2.24, 2.45) is 4.99 Å². The number of rotatable bonds is 5. The van der Waals surface area contributed by atoms with Crippen molar-refractivity contribution in [2.45, 2.75) is 64.6 Å². The van der Waals surface area contributed by atoms with Gasteiger partial charge >= 0.3 is 0 Å². The molecular weight excluding hydrogens is 481 g/mol. The van der Waals surface area contributed by atoms with Crippen LogP contribution in [0.3, 0.4) is 0 Å². The fourth-order valence-electron chi connectivity index (χ4n) is 3.63. The maximum atomic E-state index is 5.96. The molecule has 0 saturated carbocycles. The molecule has 0 spiro atoms. The minimum Gasteiger partial charge on any atom is -0.375 e. The van der Waals surface area contributed by atoms with Gasteiger partial charge in [0.2, 0.25) is 0 Å². The number of halogens is 1. The van der Waals surface area contributed by atoms with E-state index in [2.05, 4.69) is 60.2 Å². The van der Waals surface area contributed by atoms with Crippen LogP contribution in [-0.4, -0.2) is 62.0 Å². The summed E-state index contributed by atoms with van der Waals surface area (Å²) in [6, 6.07) is 8.53. The molecule has 2 atom stereocenters. The van der Waals surface area contributed by atoms with Crippen LogP contribution >= 0.6 is 24.0 Å². The maximum Gasteiger partial charge on any atom is 0.194 e. The summed E-state index contributed by atoms with van der Waals surface area (Å²) in [7, 11) is 1.84. The van der Waals surface area contributed by atoms with Crippen molar-refractivity contribution in [2.75, 3.05) is 33.4 Å². The molecule has 7 heteroatoms. The van der Waals surface area contributed by atoms with Crippen LogP contribution in [0.15, 0.2) is 29.3 Å². The Balaban J connectivity index is 0.00000300. The molecule has 0 bridgehead atoms. The largest absolute Gasteiger partial charge is 0.375 e. The second-order valence-electron chi connectivity index (χ2n) is 8.53. The van der Waals surface area contributed by atoms with Gasteiger partial charge in [-0.3, -0.25) is 4.99 Å². The number of nitrogens with one attached hydrogen (secondary N) is 1. The van der Waals surface area contributed by atoms with Crippen LogP contribution in [0, 0.1) is 0 Å². The molecule has 1 aromatic carbocycles. The Kier molecular flexibility index (Phi) is 9.65. The number of aliphatic imine (C=N–C) groups is 1. The molecule has 0 radical (unpaired) electrons. The van der Waals surface area contributed by atoms with E-state index in [0.717, 1.165) is 45.0 Å². The zero-order valence-electron chi connectivity index (χ0n) is 18.1. The molecule has 6 nitrogen and oxygen atoms in total. The van der Waals surface area contributed by atoms with Crippen LogP contribution in [0.1, 0.15) is 44.7 Å². The first-order chi connectivity index (χ1) is 13.4. The van der Waals surface area contributed by atoms with Crippen LogP contribution < -0.4 is 5.32 Å². The summed E-state index contributed by atoms with van der Waals surface area (Å²) < 4.78 is 17.7. The number of benzene rings is 1. The first-order valence-electron chi connectivity index (χ1n) is 10.4. The molecule has 2 aliphatic heterocycles. The standard InChI is InChI=1S/C22H35N3O3.HI/c1-22(2,3)28-16-18-8-5-7-17(13-18)14-24-21(23-4)25-10-12-27-20(15-25)19-9-6-11-26-19;/h5,7-8,13,19-20H,6,9-12,14-16H2,1-4H3,(H,23,24);1H. The Morgan fingerprint density at radius 3 is 2.66 bits per heavy atom. The van der Waals surface area contributed by atoms with E-state index in [-0.39, 0.29) is 41.8 Å². The van der Waals surface area contributed by atoms with Gasteiger partial charge in [0.25, 0.3) is 0 Å². The molecule has 1 aromatic rings. The fraction of sp³-hybridized carbons (Fsp3) is 0.682. The van der Waals surface area contributed by atoms with E-state index in [1.807, 2.05) is 7.05 Å². The van der Waals surface area contributed by atoms with Gasteiger partial charge in [-0.05, 0) is 44.7 Å². The smallest absolute Gasteiger partial charge is 0.194 e. The maximum absolute atomic E-state index is 5.96. The average Bonchev–Trinajstić information content (AvgIpc) is 3.22. The van der Waals surface area contributed by atoms with Crippen molar-refractivity contribution >= 4 is 29.9 Å². The van der Waals surface area contributed by atoms with E-state index in [9.17, 15) is 0 Å². The second-order valence-corrected chi connectivity index (χ2v) is 8.53. The Morgan fingerprint density at radius 1 is 1.21 bits per heavy atom. The predicted octanol–water partition coefficient (Wildman–Crippen LogP) is 3.57. The average molecular weight is 517 g/mol. The quantitative estimate of drug-likeness (QED) is 0.368. The minimum atomic E-state index is -0.133. The number of morpholine rings is 1. The Hall–Kier alpha value is -0.900. The van der Waals surface area contributed by atoms with Crippen LogP contribution in [0.5, 0.6) is 0 Å². The number of guanidine groups is 1. The molecule has 0 aliphatic carbocycles. The van der Waals surface area contributed by atoms with Gasteiger partial charge in [-0.25, -0.2) is 0 Å². The molecule has 0 amide bonds. The third kappa shape index (κ3) is 7.70. The predicted molar refractivity (Wildman–Crippen MR) is 127 cm³/mol. The lowest BCUT2D eigenvalue weighted by molar-refractivity contribution is -0.0817. The number of ether oxygens (including phenoxy) is 3. The molecule has 3 rings (SSSR count). The van der Waals surface area contributed by atoms with E-state index in [0.29, 0.717) is 13.2 Å². The molecule has 1 N–H and O–H groups in total. The third-order valence-corrected chi connectivity index (χ3v) is 5.10. The zero-order chi connectivity index (χ0) is 20.0. The second kappa shape index (κ2) is 11.5. The summed E-state index contributed by atoms with van der Waals surface area (Å²) in [5.74, 6) is 0.919. The molecule has 2 aliphatic rings. The summed E-state index contributed by atoms with van der Waals surface area (Å²) in [6.07, 6.45) is 2.58. The normalized spacial score (nSPS) is 23.0. The van der Waals surface area contributed by atoms with Crippen molar-refractivity contribution in [1.82, 2.24) is 10.2 Å². The van der Waals surface area contributed by atoms with E-state index >= 15 is 0 Å².